The van der Waals surface area contributed by atoms with Gasteiger partial charge in [-0.05, 0) is 24.0 Å². The summed E-state index contributed by atoms with van der Waals surface area (Å²) < 4.78 is 5.45. The van der Waals surface area contributed by atoms with Gasteiger partial charge in [0.2, 0.25) is 0 Å². The second kappa shape index (κ2) is 13.6. The number of hydrogen-bond donors (Lipinski definition) is 0. The highest BCUT2D eigenvalue weighted by molar-refractivity contribution is 5.70. The Labute approximate surface area is 170 Å². The minimum absolute atomic E-state index is 0.0934. The zero-order chi connectivity index (χ0) is 19.9. The zero-order valence-corrected chi connectivity index (χ0v) is 17.0. The molecule has 0 aromatic heterocycles. The molecule has 0 unspecified atom stereocenters. The Morgan fingerprint density at radius 1 is 0.929 bits per heavy atom. The molecule has 0 aliphatic rings. The number of esters is 1. The highest BCUT2D eigenvalue weighted by Crippen LogP contribution is 2.15. The second-order valence-corrected chi connectivity index (χ2v) is 7.20. The Balaban J connectivity index is 1.81. The smallest absolute Gasteiger partial charge is 0.307 e. The van der Waals surface area contributed by atoms with Crippen molar-refractivity contribution in [2.24, 2.45) is 5.92 Å². The van der Waals surface area contributed by atoms with Crippen LogP contribution < -0.4 is 0 Å². The van der Waals surface area contributed by atoms with E-state index in [0.29, 0.717) is 13.0 Å². The highest BCUT2D eigenvalue weighted by Gasteiger charge is 2.13. The van der Waals surface area contributed by atoms with Crippen molar-refractivity contribution in [2.45, 2.75) is 64.9 Å². The average Bonchev–Trinajstić information content (AvgIpc) is 2.74. The molecule has 2 heteroatoms. The van der Waals surface area contributed by atoms with Crippen LogP contribution in [-0.4, -0.2) is 5.97 Å². The van der Waals surface area contributed by atoms with Gasteiger partial charge in [0.05, 0.1) is 6.42 Å². The van der Waals surface area contributed by atoms with Crippen LogP contribution in [0.15, 0.2) is 60.7 Å². The molecule has 0 amide bonds. The largest absolute Gasteiger partial charge is 0.461 e. The van der Waals surface area contributed by atoms with Crippen LogP contribution >= 0.6 is 0 Å². The minimum atomic E-state index is -0.151. The lowest BCUT2D eigenvalue weighted by molar-refractivity contribution is -0.145. The first-order valence-corrected chi connectivity index (χ1v) is 10.5. The molecular formula is C26H32O2. The summed E-state index contributed by atoms with van der Waals surface area (Å²) >= 11 is 0. The SMILES string of the molecule is CCCCCC[C@H](C#CCCc1ccccc1)CC(=O)OCc1ccccc1. The molecule has 0 saturated heterocycles. The minimum Gasteiger partial charge on any atom is -0.461 e. The lowest BCUT2D eigenvalue weighted by Gasteiger charge is -2.11. The summed E-state index contributed by atoms with van der Waals surface area (Å²) in [5, 5.41) is 0. The predicted octanol–water partition coefficient (Wildman–Crippen LogP) is 6.34. The van der Waals surface area contributed by atoms with Gasteiger partial charge in [0.1, 0.15) is 6.61 Å². The van der Waals surface area contributed by atoms with Crippen LogP contribution in [0.5, 0.6) is 0 Å². The van der Waals surface area contributed by atoms with E-state index < -0.39 is 0 Å². The number of ether oxygens (including phenoxy) is 1. The maximum atomic E-state index is 12.3. The van der Waals surface area contributed by atoms with E-state index in [1.54, 1.807) is 0 Å². The number of carbonyl (C=O) groups is 1. The van der Waals surface area contributed by atoms with Crippen LogP contribution in [0, 0.1) is 17.8 Å². The van der Waals surface area contributed by atoms with Crippen LogP contribution in [0.4, 0.5) is 0 Å². The molecule has 148 valence electrons. The highest BCUT2D eigenvalue weighted by atomic mass is 16.5. The van der Waals surface area contributed by atoms with Crippen molar-refractivity contribution in [3.63, 3.8) is 0 Å². The van der Waals surface area contributed by atoms with Gasteiger partial charge in [-0.15, -0.1) is 5.92 Å². The molecule has 0 saturated carbocycles. The lowest BCUT2D eigenvalue weighted by Crippen LogP contribution is -2.11. The Kier molecular flexibility index (Phi) is 10.6. The first kappa shape index (κ1) is 21.8. The molecule has 2 nitrogen and oxygen atoms in total. The molecule has 0 aliphatic carbocycles. The normalized spacial score (nSPS) is 11.3. The molecule has 2 aromatic carbocycles. The number of benzene rings is 2. The Hall–Kier alpha value is -2.53. The fourth-order valence-electron chi connectivity index (χ4n) is 3.11. The van der Waals surface area contributed by atoms with E-state index in [2.05, 4.69) is 43.0 Å². The third-order valence-electron chi connectivity index (χ3n) is 4.75. The van der Waals surface area contributed by atoms with Crippen molar-refractivity contribution >= 4 is 5.97 Å². The molecule has 0 aliphatic heterocycles. The van der Waals surface area contributed by atoms with Crippen LogP contribution in [-0.2, 0) is 22.6 Å². The van der Waals surface area contributed by atoms with E-state index in [1.165, 1.54) is 24.8 Å². The van der Waals surface area contributed by atoms with Crippen molar-refractivity contribution in [2.75, 3.05) is 0 Å². The van der Waals surface area contributed by atoms with Gasteiger partial charge in [-0.3, -0.25) is 4.79 Å². The number of unbranched alkanes of at least 4 members (excludes halogenated alkanes) is 3. The number of carbonyl (C=O) groups excluding carboxylic acids is 1. The maximum absolute atomic E-state index is 12.3. The van der Waals surface area contributed by atoms with Crippen LogP contribution in [0.1, 0.15) is 63.0 Å². The second-order valence-electron chi connectivity index (χ2n) is 7.20. The third-order valence-corrected chi connectivity index (χ3v) is 4.75. The monoisotopic (exact) mass is 376 g/mol. The molecule has 0 radical (unpaired) electrons. The van der Waals surface area contributed by atoms with Gasteiger partial charge in [-0.25, -0.2) is 0 Å². The molecule has 0 fully saturated rings. The molecule has 0 bridgehead atoms. The summed E-state index contributed by atoms with van der Waals surface area (Å²) in [5.74, 6) is 6.58. The summed E-state index contributed by atoms with van der Waals surface area (Å²) in [6.45, 7) is 2.55. The summed E-state index contributed by atoms with van der Waals surface area (Å²) in [6.07, 6.45) is 7.92. The van der Waals surface area contributed by atoms with Gasteiger partial charge in [0.15, 0.2) is 0 Å². The quantitative estimate of drug-likeness (QED) is 0.260. The molecule has 0 spiro atoms. The van der Waals surface area contributed by atoms with Gasteiger partial charge >= 0.3 is 5.97 Å². The van der Waals surface area contributed by atoms with Crippen molar-refractivity contribution in [3.8, 4) is 11.8 Å². The van der Waals surface area contributed by atoms with E-state index in [0.717, 1.165) is 31.2 Å². The van der Waals surface area contributed by atoms with Gasteiger partial charge in [0, 0.05) is 12.3 Å². The topological polar surface area (TPSA) is 26.3 Å². The predicted molar refractivity (Wildman–Crippen MR) is 116 cm³/mol. The van der Waals surface area contributed by atoms with Gasteiger partial charge in [-0.1, -0.05) is 99.2 Å². The summed E-state index contributed by atoms with van der Waals surface area (Å²) in [4.78, 5) is 12.3. The third kappa shape index (κ3) is 9.42. The van der Waals surface area contributed by atoms with Crippen LogP contribution in [0.3, 0.4) is 0 Å². The molecular weight excluding hydrogens is 344 g/mol. The number of aryl methyl sites for hydroxylation is 1. The first-order valence-electron chi connectivity index (χ1n) is 10.5. The van der Waals surface area contributed by atoms with Crippen LogP contribution in [0.2, 0.25) is 0 Å². The lowest BCUT2D eigenvalue weighted by atomic mass is 9.97. The molecule has 28 heavy (non-hydrogen) atoms. The summed E-state index contributed by atoms with van der Waals surface area (Å²) in [6, 6.07) is 20.2. The molecule has 2 rings (SSSR count). The van der Waals surface area contributed by atoms with Crippen LogP contribution in [0.25, 0.3) is 0 Å². The average molecular weight is 377 g/mol. The van der Waals surface area contributed by atoms with Gasteiger partial charge < -0.3 is 4.74 Å². The maximum Gasteiger partial charge on any atom is 0.307 e. The zero-order valence-electron chi connectivity index (χ0n) is 17.0. The Bertz CT molecular complexity index is 725. The van der Waals surface area contributed by atoms with Crippen molar-refractivity contribution in [1.29, 1.82) is 0 Å². The van der Waals surface area contributed by atoms with E-state index >= 15 is 0 Å². The van der Waals surface area contributed by atoms with E-state index in [1.807, 2.05) is 36.4 Å². The van der Waals surface area contributed by atoms with E-state index in [9.17, 15) is 4.79 Å². The Morgan fingerprint density at radius 3 is 2.29 bits per heavy atom. The van der Waals surface area contributed by atoms with Gasteiger partial charge in [-0.2, -0.15) is 0 Å². The van der Waals surface area contributed by atoms with Gasteiger partial charge in [0.25, 0.3) is 0 Å². The molecule has 0 N–H and O–H groups in total. The Morgan fingerprint density at radius 2 is 1.61 bits per heavy atom. The molecule has 1 atom stereocenters. The van der Waals surface area contributed by atoms with Crippen molar-refractivity contribution < 1.29 is 9.53 Å². The standard InChI is InChI=1S/C26H32O2/c1-2-3-4-7-17-24(18-13-12-16-23-14-8-5-9-15-23)21-26(27)28-22-25-19-10-6-11-20-25/h5-6,8-11,14-15,19-20,24H,2-4,7,12,16-17,21-22H2,1H3/t24-/m1/s1. The summed E-state index contributed by atoms with van der Waals surface area (Å²) in [7, 11) is 0. The first-order chi connectivity index (χ1) is 13.8. The van der Waals surface area contributed by atoms with E-state index in [4.69, 9.17) is 4.74 Å². The summed E-state index contributed by atoms with van der Waals surface area (Å²) in [5.41, 5.74) is 2.32. The molecule has 0 heterocycles. The molecule has 2 aromatic rings. The van der Waals surface area contributed by atoms with E-state index in [-0.39, 0.29) is 11.9 Å². The van der Waals surface area contributed by atoms with Crippen molar-refractivity contribution in [1.82, 2.24) is 0 Å². The number of rotatable bonds is 11. The fraction of sp³-hybridized carbons (Fsp3) is 0.423. The van der Waals surface area contributed by atoms with Crippen molar-refractivity contribution in [3.05, 3.63) is 71.8 Å². The number of hydrogen-bond acceptors (Lipinski definition) is 2. The fourth-order valence-corrected chi connectivity index (χ4v) is 3.11.